The number of carbonyl (C=O) groups excluding carboxylic acids is 3. The van der Waals surface area contributed by atoms with E-state index in [0.717, 1.165) is 17.2 Å². The number of hydrogen-bond acceptors (Lipinski definition) is 5. The summed E-state index contributed by atoms with van der Waals surface area (Å²) in [5.41, 5.74) is 5.83. The molecule has 0 unspecified atom stereocenters. The minimum absolute atomic E-state index is 0.0705. The fraction of sp³-hybridized carbons (Fsp3) is 0.167. The Balaban J connectivity index is 1.41. The molecule has 3 aromatic rings. The maximum atomic E-state index is 12.2. The summed E-state index contributed by atoms with van der Waals surface area (Å²) in [5.74, 6) is -0.444. The monoisotopic (exact) mass is 464 g/mol. The van der Waals surface area contributed by atoms with Gasteiger partial charge in [0, 0.05) is 17.7 Å². The van der Waals surface area contributed by atoms with Crippen LogP contribution in [0.1, 0.15) is 30.1 Å². The molecule has 4 N–H and O–H groups in total. The molecule has 3 rings (SSSR count). The highest BCUT2D eigenvalue weighted by Gasteiger charge is 2.09. The van der Waals surface area contributed by atoms with Crippen LogP contribution in [-0.2, 0) is 9.59 Å². The molecule has 0 aliphatic heterocycles. The third kappa shape index (κ3) is 7.29. The number of benzene rings is 3. The first kappa shape index (κ1) is 23.7. The lowest BCUT2D eigenvalue weighted by atomic mass is 10.1. The molecule has 3 aromatic carbocycles. The molecule has 0 aromatic heterocycles. The van der Waals surface area contributed by atoms with E-state index < -0.39 is 11.8 Å². The second-order valence-corrected chi connectivity index (χ2v) is 7.54. The average Bonchev–Trinajstić information content (AvgIpc) is 2.81. The topological polar surface area (TPSA) is 109 Å². The van der Waals surface area contributed by atoms with Crippen LogP contribution >= 0.6 is 12.2 Å². The maximum Gasteiger partial charge on any atom is 0.269 e. The number of hydrogen-bond donors (Lipinski definition) is 4. The first-order valence-electron chi connectivity index (χ1n) is 10.4. The Morgan fingerprint density at radius 2 is 1.61 bits per heavy atom. The van der Waals surface area contributed by atoms with Crippen LogP contribution in [0.2, 0.25) is 0 Å². The van der Waals surface area contributed by atoms with Gasteiger partial charge < -0.3 is 10.1 Å². The summed E-state index contributed by atoms with van der Waals surface area (Å²) in [6.45, 7) is 1.68. The van der Waals surface area contributed by atoms with Gasteiger partial charge >= 0.3 is 0 Å². The second-order valence-electron chi connectivity index (χ2n) is 7.13. The van der Waals surface area contributed by atoms with Crippen molar-refractivity contribution in [2.24, 2.45) is 0 Å². The zero-order chi connectivity index (χ0) is 23.6. The van der Waals surface area contributed by atoms with E-state index in [1.54, 1.807) is 30.3 Å². The highest BCUT2D eigenvalue weighted by atomic mass is 32.1. The normalized spacial score (nSPS) is 10.2. The van der Waals surface area contributed by atoms with Crippen LogP contribution in [0.3, 0.4) is 0 Å². The van der Waals surface area contributed by atoms with Crippen molar-refractivity contribution in [1.82, 2.24) is 16.2 Å². The van der Waals surface area contributed by atoms with Gasteiger partial charge in [0.1, 0.15) is 5.75 Å². The van der Waals surface area contributed by atoms with E-state index in [0.29, 0.717) is 23.4 Å². The van der Waals surface area contributed by atoms with Gasteiger partial charge in [-0.05, 0) is 65.8 Å². The van der Waals surface area contributed by atoms with E-state index in [2.05, 4.69) is 21.5 Å². The summed E-state index contributed by atoms with van der Waals surface area (Å²) in [5, 5.41) is 7.19. The molecule has 0 radical (unpaired) electrons. The van der Waals surface area contributed by atoms with E-state index in [-0.39, 0.29) is 17.6 Å². The van der Waals surface area contributed by atoms with Crippen molar-refractivity contribution in [3.63, 3.8) is 0 Å². The van der Waals surface area contributed by atoms with Crippen LogP contribution < -0.4 is 26.2 Å². The number of hydrazine groups is 1. The summed E-state index contributed by atoms with van der Waals surface area (Å²) >= 11 is 5.02. The second kappa shape index (κ2) is 11.6. The van der Waals surface area contributed by atoms with Crippen molar-refractivity contribution in [1.29, 1.82) is 0 Å². The molecule has 8 nitrogen and oxygen atoms in total. The van der Waals surface area contributed by atoms with Crippen molar-refractivity contribution in [3.8, 4) is 5.75 Å². The van der Waals surface area contributed by atoms with Gasteiger partial charge in [-0.1, -0.05) is 37.3 Å². The van der Waals surface area contributed by atoms with E-state index in [1.807, 2.05) is 43.3 Å². The molecule has 0 aliphatic rings. The molecule has 33 heavy (non-hydrogen) atoms. The minimum atomic E-state index is -0.470. The summed E-state index contributed by atoms with van der Waals surface area (Å²) in [6, 6.07) is 19.8. The van der Waals surface area contributed by atoms with E-state index >= 15 is 0 Å². The molecular formula is C24H24N4O4S. The SMILES string of the molecule is CCCC(=O)Nc1ccc(C(=O)NNC(=S)NC(=O)COc2ccc3ccccc3c2)cc1. The molecule has 0 saturated carbocycles. The zero-order valence-electron chi connectivity index (χ0n) is 18.0. The van der Waals surface area contributed by atoms with Gasteiger partial charge in [-0.3, -0.25) is 30.6 Å². The van der Waals surface area contributed by atoms with Gasteiger partial charge in [0.15, 0.2) is 11.7 Å². The number of nitrogens with one attached hydrogen (secondary N) is 4. The van der Waals surface area contributed by atoms with Crippen LogP contribution in [-0.4, -0.2) is 29.4 Å². The van der Waals surface area contributed by atoms with E-state index in [1.165, 1.54) is 0 Å². The Hall–Kier alpha value is -3.98. The molecule has 170 valence electrons. The van der Waals surface area contributed by atoms with Crippen LogP contribution in [0.15, 0.2) is 66.7 Å². The van der Waals surface area contributed by atoms with Gasteiger partial charge in [0.2, 0.25) is 5.91 Å². The van der Waals surface area contributed by atoms with Crippen LogP contribution in [0.5, 0.6) is 5.75 Å². The lowest BCUT2D eigenvalue weighted by Gasteiger charge is -2.12. The molecule has 0 spiro atoms. The molecule has 3 amide bonds. The zero-order valence-corrected chi connectivity index (χ0v) is 18.8. The predicted molar refractivity (Wildman–Crippen MR) is 131 cm³/mol. The fourth-order valence-electron chi connectivity index (χ4n) is 2.94. The Kier molecular flexibility index (Phi) is 8.31. The number of thiocarbonyl (C=S) groups is 1. The number of ether oxygens (including phenoxy) is 1. The summed E-state index contributed by atoms with van der Waals surface area (Å²) < 4.78 is 5.51. The molecule has 0 heterocycles. The summed E-state index contributed by atoms with van der Waals surface area (Å²) in [7, 11) is 0. The average molecular weight is 465 g/mol. The lowest BCUT2D eigenvalue weighted by molar-refractivity contribution is -0.121. The standard InChI is InChI=1S/C24H24N4O4S/c1-2-5-21(29)25-19-11-8-17(9-12-19)23(31)27-28-24(33)26-22(30)15-32-20-13-10-16-6-3-4-7-18(16)14-20/h3-4,6-14H,2,5,15H2,1H3,(H,25,29)(H,27,31)(H2,26,28,30,33). The van der Waals surface area contributed by atoms with Crippen molar-refractivity contribution in [3.05, 3.63) is 72.3 Å². The third-order valence-electron chi connectivity index (χ3n) is 4.54. The molecular weight excluding hydrogens is 440 g/mol. The number of anilines is 1. The maximum absolute atomic E-state index is 12.2. The Morgan fingerprint density at radius 3 is 2.33 bits per heavy atom. The number of fused-ring (bicyclic) bond motifs is 1. The summed E-state index contributed by atoms with van der Waals surface area (Å²) in [6.07, 6.45) is 1.19. The number of rotatable bonds is 7. The smallest absolute Gasteiger partial charge is 0.269 e. The molecule has 0 aliphatic carbocycles. The van der Waals surface area contributed by atoms with Gasteiger partial charge in [-0.25, -0.2) is 0 Å². The molecule has 0 bridgehead atoms. The molecule has 0 fully saturated rings. The molecule has 0 atom stereocenters. The van der Waals surface area contributed by atoms with Gasteiger partial charge in [-0.15, -0.1) is 0 Å². The molecule has 9 heteroatoms. The lowest BCUT2D eigenvalue weighted by Crippen LogP contribution is -2.49. The van der Waals surface area contributed by atoms with Gasteiger partial charge in [0.25, 0.3) is 11.8 Å². The highest BCUT2D eigenvalue weighted by Crippen LogP contribution is 2.20. The highest BCUT2D eigenvalue weighted by molar-refractivity contribution is 7.80. The van der Waals surface area contributed by atoms with E-state index in [9.17, 15) is 14.4 Å². The van der Waals surface area contributed by atoms with Crippen molar-refractivity contribution in [2.45, 2.75) is 19.8 Å². The Labute approximate surface area is 196 Å². The van der Waals surface area contributed by atoms with Crippen LogP contribution in [0.4, 0.5) is 5.69 Å². The minimum Gasteiger partial charge on any atom is -0.484 e. The summed E-state index contributed by atoms with van der Waals surface area (Å²) in [4.78, 5) is 35.9. The first-order chi connectivity index (χ1) is 15.9. The Morgan fingerprint density at radius 1 is 0.879 bits per heavy atom. The van der Waals surface area contributed by atoms with Crippen molar-refractivity contribution in [2.75, 3.05) is 11.9 Å². The van der Waals surface area contributed by atoms with Gasteiger partial charge in [-0.2, -0.15) is 0 Å². The Bertz CT molecular complexity index is 1160. The largest absolute Gasteiger partial charge is 0.484 e. The molecule has 0 saturated heterocycles. The number of carbonyl (C=O) groups is 3. The number of amides is 3. The van der Waals surface area contributed by atoms with Gasteiger partial charge in [0.05, 0.1) is 0 Å². The quantitative estimate of drug-likeness (QED) is 0.316. The van der Waals surface area contributed by atoms with E-state index in [4.69, 9.17) is 17.0 Å². The van der Waals surface area contributed by atoms with Crippen molar-refractivity contribution >= 4 is 51.5 Å². The fourth-order valence-corrected chi connectivity index (χ4v) is 3.11. The third-order valence-corrected chi connectivity index (χ3v) is 4.75. The van der Waals surface area contributed by atoms with Crippen LogP contribution in [0, 0.1) is 0 Å². The first-order valence-corrected chi connectivity index (χ1v) is 10.8. The van der Waals surface area contributed by atoms with Crippen molar-refractivity contribution < 1.29 is 19.1 Å². The van der Waals surface area contributed by atoms with Crippen LogP contribution in [0.25, 0.3) is 10.8 Å². The predicted octanol–water partition coefficient (Wildman–Crippen LogP) is 3.29.